The highest BCUT2D eigenvalue weighted by Gasteiger charge is 2.19. The number of hydrogen-bond acceptors (Lipinski definition) is 3. The minimum atomic E-state index is -0.374. The van der Waals surface area contributed by atoms with Crippen LogP contribution in [0.3, 0.4) is 0 Å². The molecule has 0 bridgehead atoms. The van der Waals surface area contributed by atoms with Crippen molar-refractivity contribution >= 4 is 17.6 Å². The van der Waals surface area contributed by atoms with Gasteiger partial charge in [0.1, 0.15) is 5.82 Å². The normalized spacial score (nSPS) is 14.2. The van der Waals surface area contributed by atoms with Crippen molar-refractivity contribution in [3.63, 3.8) is 0 Å². The quantitative estimate of drug-likeness (QED) is 0.623. The number of nitrogens with zero attached hydrogens (tertiary/aromatic N) is 1. The third-order valence-electron chi connectivity index (χ3n) is 4.79. The molecule has 4 heteroatoms. The van der Waals surface area contributed by atoms with Crippen LogP contribution in [0.15, 0.2) is 60.8 Å². The summed E-state index contributed by atoms with van der Waals surface area (Å²) < 4.78 is 18.6. The number of pyridine rings is 1. The van der Waals surface area contributed by atoms with E-state index in [1.807, 2.05) is 36.4 Å². The minimum Gasteiger partial charge on any atom is -0.465 e. The van der Waals surface area contributed by atoms with Gasteiger partial charge in [-0.1, -0.05) is 24.3 Å². The van der Waals surface area contributed by atoms with Gasteiger partial charge in [0, 0.05) is 17.5 Å². The number of hydrogen-bond donors (Lipinski definition) is 0. The fraction of sp³-hybridized carbons (Fsp3) is 0.130. The summed E-state index contributed by atoms with van der Waals surface area (Å²) in [6.07, 6.45) is 5.29. The van der Waals surface area contributed by atoms with E-state index in [4.69, 9.17) is 4.74 Å². The summed E-state index contributed by atoms with van der Waals surface area (Å²) in [6, 6.07) is 16.1. The van der Waals surface area contributed by atoms with Crippen LogP contribution < -0.4 is 0 Å². The van der Waals surface area contributed by atoms with Crippen molar-refractivity contribution in [2.45, 2.75) is 12.8 Å². The van der Waals surface area contributed by atoms with Crippen LogP contribution in [0.5, 0.6) is 0 Å². The van der Waals surface area contributed by atoms with E-state index in [0.717, 1.165) is 46.4 Å². The number of carbonyl (C=O) groups excluding carboxylic acids is 1. The predicted octanol–water partition coefficient (Wildman–Crippen LogP) is 4.69. The van der Waals surface area contributed by atoms with Crippen molar-refractivity contribution in [2.24, 2.45) is 0 Å². The number of fused-ring (bicyclic) bond motifs is 2. The average Bonchev–Trinajstić information content (AvgIpc) is 2.85. The maximum Gasteiger partial charge on any atom is 0.337 e. The first kappa shape index (κ1) is 17.2. The van der Waals surface area contributed by atoms with Crippen molar-refractivity contribution in [3.8, 4) is 0 Å². The van der Waals surface area contributed by atoms with Crippen molar-refractivity contribution in [3.05, 3.63) is 100 Å². The SMILES string of the molecule is COC(=O)c1cccc(C=C2c3ccc(F)cc3CCc3ncccc32)c1. The van der Waals surface area contributed by atoms with Crippen molar-refractivity contribution in [1.29, 1.82) is 0 Å². The molecule has 0 aliphatic heterocycles. The Labute approximate surface area is 157 Å². The van der Waals surface area contributed by atoms with Crippen LogP contribution in [-0.4, -0.2) is 18.1 Å². The Balaban J connectivity index is 1.91. The molecular weight excluding hydrogens is 341 g/mol. The summed E-state index contributed by atoms with van der Waals surface area (Å²) in [5.74, 6) is -0.611. The largest absolute Gasteiger partial charge is 0.465 e. The van der Waals surface area contributed by atoms with Gasteiger partial charge in [0.05, 0.1) is 12.7 Å². The number of methoxy groups -OCH3 is 1. The summed E-state index contributed by atoms with van der Waals surface area (Å²) in [5, 5.41) is 0. The lowest BCUT2D eigenvalue weighted by Gasteiger charge is -2.12. The van der Waals surface area contributed by atoms with Crippen LogP contribution >= 0.6 is 0 Å². The Morgan fingerprint density at radius 3 is 2.81 bits per heavy atom. The average molecular weight is 359 g/mol. The predicted molar refractivity (Wildman–Crippen MR) is 103 cm³/mol. The third kappa shape index (κ3) is 3.38. The number of rotatable bonds is 2. The second-order valence-corrected chi connectivity index (χ2v) is 6.47. The Hall–Kier alpha value is -3.27. The highest BCUT2D eigenvalue weighted by molar-refractivity contribution is 5.95. The Morgan fingerprint density at radius 2 is 1.96 bits per heavy atom. The zero-order valence-corrected chi connectivity index (χ0v) is 14.9. The molecule has 134 valence electrons. The molecule has 27 heavy (non-hydrogen) atoms. The molecule has 0 unspecified atom stereocenters. The zero-order valence-electron chi connectivity index (χ0n) is 14.9. The monoisotopic (exact) mass is 359 g/mol. The topological polar surface area (TPSA) is 39.2 Å². The lowest BCUT2D eigenvalue weighted by molar-refractivity contribution is 0.0600. The number of ether oxygens (including phenoxy) is 1. The van der Waals surface area contributed by atoms with E-state index in [0.29, 0.717) is 5.56 Å². The highest BCUT2D eigenvalue weighted by atomic mass is 19.1. The standard InChI is InChI=1S/C23H18FNO2/c1-27-23(26)17-5-2-4-15(12-17)13-21-19-9-8-18(24)14-16(19)7-10-22-20(21)6-3-11-25-22/h2-6,8-9,11-14H,7,10H2,1H3. The molecule has 1 aromatic heterocycles. The lowest BCUT2D eigenvalue weighted by Crippen LogP contribution is -2.01. The summed E-state index contributed by atoms with van der Waals surface area (Å²) in [6.45, 7) is 0. The maximum absolute atomic E-state index is 13.8. The van der Waals surface area contributed by atoms with Gasteiger partial charge in [-0.15, -0.1) is 0 Å². The van der Waals surface area contributed by atoms with Gasteiger partial charge < -0.3 is 4.74 Å². The summed E-state index contributed by atoms with van der Waals surface area (Å²) in [4.78, 5) is 16.4. The maximum atomic E-state index is 13.8. The highest BCUT2D eigenvalue weighted by Crippen LogP contribution is 2.34. The third-order valence-corrected chi connectivity index (χ3v) is 4.79. The molecule has 3 nitrogen and oxygen atoms in total. The molecule has 0 spiro atoms. The minimum absolute atomic E-state index is 0.236. The summed E-state index contributed by atoms with van der Waals surface area (Å²) in [5.41, 5.74) is 6.32. The number of halogens is 1. The molecule has 0 atom stereocenters. The first-order chi connectivity index (χ1) is 13.2. The van der Waals surface area contributed by atoms with Crippen molar-refractivity contribution < 1.29 is 13.9 Å². The van der Waals surface area contributed by atoms with Gasteiger partial charge in [-0.2, -0.15) is 0 Å². The smallest absolute Gasteiger partial charge is 0.337 e. The molecule has 1 aliphatic rings. The fourth-order valence-corrected chi connectivity index (χ4v) is 3.51. The molecule has 1 aliphatic carbocycles. The Kier molecular flexibility index (Phi) is 4.55. The Morgan fingerprint density at radius 1 is 1.07 bits per heavy atom. The molecule has 0 fully saturated rings. The molecule has 0 saturated heterocycles. The molecule has 0 N–H and O–H groups in total. The van der Waals surface area contributed by atoms with Crippen LogP contribution in [0.25, 0.3) is 11.6 Å². The van der Waals surface area contributed by atoms with Crippen molar-refractivity contribution in [2.75, 3.05) is 7.11 Å². The second kappa shape index (κ2) is 7.16. The van der Waals surface area contributed by atoms with E-state index < -0.39 is 0 Å². The zero-order chi connectivity index (χ0) is 18.8. The van der Waals surface area contributed by atoms with E-state index in [1.54, 1.807) is 24.4 Å². The fourth-order valence-electron chi connectivity index (χ4n) is 3.51. The molecule has 2 aromatic carbocycles. The molecule has 0 radical (unpaired) electrons. The second-order valence-electron chi connectivity index (χ2n) is 6.47. The molecule has 1 heterocycles. The van der Waals surface area contributed by atoms with Crippen LogP contribution in [0.1, 0.15) is 38.3 Å². The first-order valence-corrected chi connectivity index (χ1v) is 8.79. The van der Waals surface area contributed by atoms with Gasteiger partial charge in [-0.3, -0.25) is 4.98 Å². The number of aromatic nitrogens is 1. The number of aryl methyl sites for hydroxylation is 2. The van der Waals surface area contributed by atoms with E-state index in [-0.39, 0.29) is 11.8 Å². The molecule has 3 aromatic rings. The van der Waals surface area contributed by atoms with Crippen LogP contribution in [-0.2, 0) is 17.6 Å². The van der Waals surface area contributed by atoms with Gasteiger partial charge in [-0.25, -0.2) is 9.18 Å². The van der Waals surface area contributed by atoms with Gasteiger partial charge in [0.15, 0.2) is 0 Å². The number of benzene rings is 2. The van der Waals surface area contributed by atoms with E-state index in [9.17, 15) is 9.18 Å². The van der Waals surface area contributed by atoms with E-state index in [1.165, 1.54) is 13.2 Å². The van der Waals surface area contributed by atoms with Gasteiger partial charge in [0.2, 0.25) is 0 Å². The number of esters is 1. The van der Waals surface area contributed by atoms with E-state index >= 15 is 0 Å². The lowest BCUT2D eigenvalue weighted by atomic mass is 9.93. The molecule has 0 amide bonds. The van der Waals surface area contributed by atoms with Crippen LogP contribution in [0.4, 0.5) is 4.39 Å². The van der Waals surface area contributed by atoms with Gasteiger partial charge >= 0.3 is 5.97 Å². The van der Waals surface area contributed by atoms with Gasteiger partial charge in [0.25, 0.3) is 0 Å². The number of carbonyl (C=O) groups is 1. The van der Waals surface area contributed by atoms with Crippen LogP contribution in [0.2, 0.25) is 0 Å². The summed E-state index contributed by atoms with van der Waals surface area (Å²) >= 11 is 0. The first-order valence-electron chi connectivity index (χ1n) is 8.79. The molecule has 0 saturated carbocycles. The Bertz CT molecular complexity index is 1060. The molecule has 4 rings (SSSR count). The van der Waals surface area contributed by atoms with E-state index in [2.05, 4.69) is 4.98 Å². The van der Waals surface area contributed by atoms with Crippen molar-refractivity contribution in [1.82, 2.24) is 4.98 Å². The summed E-state index contributed by atoms with van der Waals surface area (Å²) in [7, 11) is 1.37. The van der Waals surface area contributed by atoms with Crippen LogP contribution in [0, 0.1) is 5.82 Å². The van der Waals surface area contributed by atoms with Gasteiger partial charge in [-0.05, 0) is 71.5 Å². The molecular formula is C23H18FNO2.